The lowest BCUT2D eigenvalue weighted by Gasteiger charge is -2.26. The van der Waals surface area contributed by atoms with Gasteiger partial charge in [0.1, 0.15) is 5.56 Å². The van der Waals surface area contributed by atoms with E-state index in [-0.39, 0.29) is 12.1 Å². The second-order valence-corrected chi connectivity index (χ2v) is 4.40. The Balaban J connectivity index is 2.82. The molecule has 0 saturated carbocycles. The molecule has 0 aliphatic carbocycles. The Morgan fingerprint density at radius 1 is 1.37 bits per heavy atom. The molecule has 1 aromatic rings. The standard InChI is InChI=1S/C13H18N2O4/c1-3-13(4-2,12(18)19)8-15-11(17)9-7-14-6-5-10(9)16/h5-7H,3-4,8H2,1-2H3,(H,14,16)(H,15,17)(H,18,19). The zero-order chi connectivity index (χ0) is 14.5. The number of hydrogen-bond acceptors (Lipinski definition) is 3. The van der Waals surface area contributed by atoms with E-state index in [9.17, 15) is 19.5 Å². The van der Waals surface area contributed by atoms with E-state index in [0.29, 0.717) is 12.8 Å². The summed E-state index contributed by atoms with van der Waals surface area (Å²) < 4.78 is 0. The summed E-state index contributed by atoms with van der Waals surface area (Å²) in [4.78, 5) is 37.2. The molecule has 0 saturated heterocycles. The predicted molar refractivity (Wildman–Crippen MR) is 70.0 cm³/mol. The highest BCUT2D eigenvalue weighted by Crippen LogP contribution is 2.25. The van der Waals surface area contributed by atoms with E-state index in [1.807, 2.05) is 0 Å². The Kier molecular flexibility index (Phi) is 4.86. The number of amides is 1. The molecule has 19 heavy (non-hydrogen) atoms. The van der Waals surface area contributed by atoms with Gasteiger partial charge < -0.3 is 15.4 Å². The Bertz CT molecular complexity index is 517. The van der Waals surface area contributed by atoms with Gasteiger partial charge in [-0.1, -0.05) is 13.8 Å². The van der Waals surface area contributed by atoms with Gasteiger partial charge in [-0.3, -0.25) is 14.4 Å². The van der Waals surface area contributed by atoms with Crippen LogP contribution in [0.5, 0.6) is 0 Å². The molecule has 0 atom stereocenters. The molecule has 1 amide bonds. The average molecular weight is 266 g/mol. The van der Waals surface area contributed by atoms with Gasteiger partial charge in [-0.25, -0.2) is 0 Å². The summed E-state index contributed by atoms with van der Waals surface area (Å²) in [5.74, 6) is -1.51. The van der Waals surface area contributed by atoms with Crippen LogP contribution in [-0.2, 0) is 4.79 Å². The minimum Gasteiger partial charge on any atom is -0.481 e. The van der Waals surface area contributed by atoms with Crippen LogP contribution >= 0.6 is 0 Å². The van der Waals surface area contributed by atoms with Gasteiger partial charge in [0.25, 0.3) is 5.91 Å². The van der Waals surface area contributed by atoms with Crippen LogP contribution in [0.1, 0.15) is 37.0 Å². The Morgan fingerprint density at radius 3 is 2.47 bits per heavy atom. The van der Waals surface area contributed by atoms with E-state index in [1.165, 1.54) is 18.5 Å². The van der Waals surface area contributed by atoms with Gasteiger partial charge in [0, 0.05) is 25.0 Å². The first-order chi connectivity index (χ1) is 8.96. The number of carboxylic acids is 1. The molecule has 0 bridgehead atoms. The maximum Gasteiger partial charge on any atom is 0.311 e. The SMILES string of the molecule is CCC(CC)(CNC(=O)c1c[nH]ccc1=O)C(=O)O. The van der Waals surface area contributed by atoms with E-state index < -0.39 is 22.7 Å². The monoisotopic (exact) mass is 266 g/mol. The van der Waals surface area contributed by atoms with Gasteiger partial charge in [0.2, 0.25) is 0 Å². The maximum absolute atomic E-state index is 11.8. The number of carbonyl (C=O) groups is 2. The minimum atomic E-state index is -0.989. The van der Waals surface area contributed by atoms with Gasteiger partial charge in [0.05, 0.1) is 5.41 Å². The molecule has 1 aromatic heterocycles. The second kappa shape index (κ2) is 6.17. The largest absolute Gasteiger partial charge is 0.481 e. The van der Waals surface area contributed by atoms with Crippen molar-refractivity contribution >= 4 is 11.9 Å². The van der Waals surface area contributed by atoms with Gasteiger partial charge in [-0.05, 0) is 12.8 Å². The molecular weight excluding hydrogens is 248 g/mol. The number of aliphatic carboxylic acids is 1. The summed E-state index contributed by atoms with van der Waals surface area (Å²) in [6.07, 6.45) is 3.55. The van der Waals surface area contributed by atoms with Crippen LogP contribution < -0.4 is 10.7 Å². The highest BCUT2D eigenvalue weighted by Gasteiger charge is 2.35. The molecule has 1 rings (SSSR count). The lowest BCUT2D eigenvalue weighted by atomic mass is 9.82. The van der Waals surface area contributed by atoms with Crippen molar-refractivity contribution in [1.29, 1.82) is 0 Å². The third-order valence-electron chi connectivity index (χ3n) is 3.46. The van der Waals surface area contributed by atoms with E-state index in [4.69, 9.17) is 0 Å². The van der Waals surface area contributed by atoms with Crippen LogP contribution in [0.3, 0.4) is 0 Å². The van der Waals surface area contributed by atoms with Crippen molar-refractivity contribution in [3.05, 3.63) is 34.2 Å². The van der Waals surface area contributed by atoms with Gasteiger partial charge in [-0.15, -0.1) is 0 Å². The quantitative estimate of drug-likeness (QED) is 0.715. The van der Waals surface area contributed by atoms with Crippen molar-refractivity contribution in [3.8, 4) is 0 Å². The third kappa shape index (κ3) is 3.21. The highest BCUT2D eigenvalue weighted by molar-refractivity contribution is 5.94. The van der Waals surface area contributed by atoms with Gasteiger partial charge in [-0.2, -0.15) is 0 Å². The topological polar surface area (TPSA) is 99.3 Å². The number of carboxylic acid groups (broad SMARTS) is 1. The molecular formula is C13H18N2O4. The lowest BCUT2D eigenvalue weighted by molar-refractivity contribution is -0.149. The average Bonchev–Trinajstić information content (AvgIpc) is 2.40. The minimum absolute atomic E-state index is 0.00248. The number of pyridine rings is 1. The molecule has 0 aromatic carbocycles. The fourth-order valence-electron chi connectivity index (χ4n) is 1.82. The smallest absolute Gasteiger partial charge is 0.311 e. The normalized spacial score (nSPS) is 11.1. The van der Waals surface area contributed by atoms with Crippen molar-refractivity contribution in [2.45, 2.75) is 26.7 Å². The number of hydrogen-bond donors (Lipinski definition) is 3. The van der Waals surface area contributed by atoms with Crippen molar-refractivity contribution in [2.75, 3.05) is 6.54 Å². The molecule has 0 fully saturated rings. The first-order valence-electron chi connectivity index (χ1n) is 6.15. The molecule has 0 radical (unpaired) electrons. The van der Waals surface area contributed by atoms with Crippen LogP contribution in [0.2, 0.25) is 0 Å². The van der Waals surface area contributed by atoms with Crippen LogP contribution in [0.25, 0.3) is 0 Å². The fourth-order valence-corrected chi connectivity index (χ4v) is 1.82. The second-order valence-electron chi connectivity index (χ2n) is 4.40. The van der Waals surface area contributed by atoms with Crippen molar-refractivity contribution in [1.82, 2.24) is 10.3 Å². The zero-order valence-corrected chi connectivity index (χ0v) is 11.0. The maximum atomic E-state index is 11.8. The highest BCUT2D eigenvalue weighted by atomic mass is 16.4. The molecule has 0 aliphatic rings. The molecule has 1 heterocycles. The molecule has 6 heteroatoms. The first kappa shape index (κ1) is 14.9. The lowest BCUT2D eigenvalue weighted by Crippen LogP contribution is -2.43. The zero-order valence-electron chi connectivity index (χ0n) is 11.0. The fraction of sp³-hybridized carbons (Fsp3) is 0.462. The van der Waals surface area contributed by atoms with Crippen LogP contribution in [0, 0.1) is 5.41 Å². The van der Waals surface area contributed by atoms with Crippen molar-refractivity contribution in [2.24, 2.45) is 5.41 Å². The van der Waals surface area contributed by atoms with E-state index in [2.05, 4.69) is 10.3 Å². The summed E-state index contributed by atoms with van der Waals surface area (Å²) in [5.41, 5.74) is -1.41. The summed E-state index contributed by atoms with van der Waals surface area (Å²) in [5, 5.41) is 11.8. The van der Waals surface area contributed by atoms with E-state index in [1.54, 1.807) is 13.8 Å². The van der Waals surface area contributed by atoms with Crippen molar-refractivity contribution in [3.63, 3.8) is 0 Å². The number of carbonyl (C=O) groups excluding carboxylic acids is 1. The molecule has 3 N–H and O–H groups in total. The van der Waals surface area contributed by atoms with Crippen molar-refractivity contribution < 1.29 is 14.7 Å². The molecule has 6 nitrogen and oxygen atoms in total. The van der Waals surface area contributed by atoms with E-state index >= 15 is 0 Å². The van der Waals surface area contributed by atoms with Crippen LogP contribution in [-0.4, -0.2) is 28.5 Å². The van der Waals surface area contributed by atoms with E-state index in [0.717, 1.165) is 0 Å². The number of aromatic nitrogens is 1. The molecule has 0 spiro atoms. The number of H-pyrrole nitrogens is 1. The molecule has 0 aliphatic heterocycles. The number of rotatable bonds is 6. The first-order valence-corrected chi connectivity index (χ1v) is 6.15. The van der Waals surface area contributed by atoms with Gasteiger partial charge in [0.15, 0.2) is 5.43 Å². The molecule has 0 unspecified atom stereocenters. The Hall–Kier alpha value is -2.11. The number of nitrogens with one attached hydrogen (secondary N) is 2. The van der Waals surface area contributed by atoms with Crippen LogP contribution in [0.15, 0.2) is 23.3 Å². The summed E-state index contributed by atoms with van der Waals surface area (Å²) in [7, 11) is 0. The predicted octanol–water partition coefficient (Wildman–Crippen LogP) is 0.996. The number of aromatic amines is 1. The summed E-state index contributed by atoms with van der Waals surface area (Å²) in [6.45, 7) is 3.53. The Labute approximate surface area is 110 Å². The summed E-state index contributed by atoms with van der Waals surface area (Å²) >= 11 is 0. The van der Waals surface area contributed by atoms with Gasteiger partial charge >= 0.3 is 5.97 Å². The Morgan fingerprint density at radius 2 is 2.00 bits per heavy atom. The van der Waals surface area contributed by atoms with Crippen LogP contribution in [0.4, 0.5) is 0 Å². The third-order valence-corrected chi connectivity index (χ3v) is 3.46. The molecule has 104 valence electrons. The summed E-state index contributed by atoms with van der Waals surface area (Å²) in [6, 6.07) is 1.25.